The predicted octanol–water partition coefficient (Wildman–Crippen LogP) is 4.11. The highest BCUT2D eigenvalue weighted by molar-refractivity contribution is 5.88. The summed E-state index contributed by atoms with van der Waals surface area (Å²) in [5, 5.41) is 0. The van der Waals surface area contributed by atoms with E-state index in [0.717, 1.165) is 30.7 Å². The van der Waals surface area contributed by atoms with Crippen LogP contribution >= 0.6 is 0 Å². The van der Waals surface area contributed by atoms with E-state index in [2.05, 4.69) is 12.1 Å². The Balaban J connectivity index is 1.59. The molecule has 1 aliphatic heterocycles. The van der Waals surface area contributed by atoms with E-state index in [1.54, 1.807) is 6.92 Å². The molecular weight excluding hydrogens is 298 g/mol. The van der Waals surface area contributed by atoms with Crippen LogP contribution in [0.2, 0.25) is 0 Å². The highest BCUT2D eigenvalue weighted by Crippen LogP contribution is 2.37. The lowest BCUT2D eigenvalue weighted by molar-refractivity contribution is -0.135. The van der Waals surface area contributed by atoms with Crippen LogP contribution in [0.15, 0.2) is 30.3 Å². The molecule has 0 spiro atoms. The zero-order valence-corrected chi connectivity index (χ0v) is 14.8. The van der Waals surface area contributed by atoms with Crippen molar-refractivity contribution in [2.75, 3.05) is 13.1 Å². The monoisotopic (exact) mass is 327 g/mol. The number of ketones is 1. The Morgan fingerprint density at radius 1 is 1.08 bits per heavy atom. The molecule has 1 heterocycles. The average Bonchev–Trinajstić information content (AvgIpc) is 3.14. The topological polar surface area (TPSA) is 37.4 Å². The first-order valence-corrected chi connectivity index (χ1v) is 9.46. The third kappa shape index (κ3) is 3.55. The zero-order chi connectivity index (χ0) is 17.0. The first-order valence-electron chi connectivity index (χ1n) is 9.46. The van der Waals surface area contributed by atoms with E-state index >= 15 is 0 Å². The van der Waals surface area contributed by atoms with Gasteiger partial charge in [-0.3, -0.25) is 9.59 Å². The van der Waals surface area contributed by atoms with Gasteiger partial charge in [0.2, 0.25) is 5.91 Å². The van der Waals surface area contributed by atoms with Crippen molar-refractivity contribution in [2.24, 2.45) is 5.92 Å². The molecule has 1 aliphatic carbocycles. The molecule has 1 saturated heterocycles. The summed E-state index contributed by atoms with van der Waals surface area (Å²) in [6.45, 7) is 3.11. The molecule has 24 heavy (non-hydrogen) atoms. The second-order valence-corrected chi connectivity index (χ2v) is 7.57. The molecule has 0 radical (unpaired) electrons. The molecule has 0 aromatic heterocycles. The lowest BCUT2D eigenvalue weighted by atomic mass is 9.70. The summed E-state index contributed by atoms with van der Waals surface area (Å²) in [7, 11) is 0. The molecule has 1 aromatic carbocycles. The Kier molecular flexibility index (Phi) is 5.37. The quantitative estimate of drug-likeness (QED) is 0.816. The Morgan fingerprint density at radius 3 is 2.29 bits per heavy atom. The van der Waals surface area contributed by atoms with E-state index in [1.165, 1.54) is 25.7 Å². The zero-order valence-electron chi connectivity index (χ0n) is 14.8. The van der Waals surface area contributed by atoms with Crippen molar-refractivity contribution >= 4 is 11.7 Å². The second-order valence-electron chi connectivity index (χ2n) is 7.57. The summed E-state index contributed by atoms with van der Waals surface area (Å²) >= 11 is 0. The Labute approximate surface area is 145 Å². The molecule has 0 unspecified atom stereocenters. The van der Waals surface area contributed by atoms with Crippen molar-refractivity contribution in [2.45, 2.75) is 63.7 Å². The van der Waals surface area contributed by atoms with Crippen LogP contribution in [0.5, 0.6) is 0 Å². The minimum atomic E-state index is -0.399. The second kappa shape index (κ2) is 7.50. The number of hydrogen-bond donors (Lipinski definition) is 0. The van der Waals surface area contributed by atoms with Crippen molar-refractivity contribution in [1.82, 2.24) is 4.90 Å². The fourth-order valence-electron chi connectivity index (χ4n) is 4.52. The minimum Gasteiger partial charge on any atom is -0.343 e. The molecule has 1 saturated carbocycles. The normalized spacial score (nSPS) is 21.0. The van der Waals surface area contributed by atoms with E-state index < -0.39 is 5.41 Å². The number of carbonyl (C=O) groups excluding carboxylic acids is 2. The van der Waals surface area contributed by atoms with Crippen LogP contribution in [0.3, 0.4) is 0 Å². The fraction of sp³-hybridized carbons (Fsp3) is 0.619. The van der Waals surface area contributed by atoms with Gasteiger partial charge in [0, 0.05) is 19.5 Å². The van der Waals surface area contributed by atoms with Gasteiger partial charge in [-0.15, -0.1) is 0 Å². The molecule has 0 atom stereocenters. The third-order valence-corrected chi connectivity index (χ3v) is 6.21. The number of rotatable bonds is 5. The molecule has 2 fully saturated rings. The van der Waals surface area contributed by atoms with Crippen molar-refractivity contribution in [3.63, 3.8) is 0 Å². The number of nitrogens with zero attached hydrogens (tertiary/aromatic N) is 1. The molecule has 3 rings (SSSR count). The number of Topliss-reactive ketones (excluding diaryl/α,β-unsaturated/α-hetero) is 1. The summed E-state index contributed by atoms with van der Waals surface area (Å²) in [4.78, 5) is 26.9. The van der Waals surface area contributed by atoms with Gasteiger partial charge < -0.3 is 4.90 Å². The first kappa shape index (κ1) is 17.2. The lowest BCUT2D eigenvalue weighted by Gasteiger charge is -2.40. The lowest BCUT2D eigenvalue weighted by Crippen LogP contribution is -2.48. The Morgan fingerprint density at radius 2 is 1.71 bits per heavy atom. The summed E-state index contributed by atoms with van der Waals surface area (Å²) in [5.74, 6) is 1.28. The largest absolute Gasteiger partial charge is 0.343 e. The molecule has 0 bridgehead atoms. The SMILES string of the molecule is CC(=O)C1(c2ccccc2)CCN(C(=O)CCC2CCCC2)CC1. The number of hydrogen-bond acceptors (Lipinski definition) is 2. The summed E-state index contributed by atoms with van der Waals surface area (Å²) in [5.41, 5.74) is 0.708. The Bertz CT molecular complexity index is 567. The van der Waals surface area contributed by atoms with E-state index in [1.807, 2.05) is 23.1 Å². The molecule has 3 heteroatoms. The van der Waals surface area contributed by atoms with Crippen LogP contribution in [-0.2, 0) is 15.0 Å². The van der Waals surface area contributed by atoms with Gasteiger partial charge in [-0.05, 0) is 37.7 Å². The van der Waals surface area contributed by atoms with Crippen molar-refractivity contribution in [1.29, 1.82) is 0 Å². The van der Waals surface area contributed by atoms with E-state index in [4.69, 9.17) is 0 Å². The van der Waals surface area contributed by atoms with Crippen LogP contribution in [0.4, 0.5) is 0 Å². The van der Waals surface area contributed by atoms with E-state index in [-0.39, 0.29) is 11.7 Å². The van der Waals surface area contributed by atoms with Crippen LogP contribution in [0.1, 0.15) is 63.9 Å². The number of likely N-dealkylation sites (tertiary alicyclic amines) is 1. The van der Waals surface area contributed by atoms with Gasteiger partial charge in [0.1, 0.15) is 5.78 Å². The molecular formula is C21H29NO2. The van der Waals surface area contributed by atoms with Crippen molar-refractivity contribution in [3.8, 4) is 0 Å². The molecule has 0 N–H and O–H groups in total. The maximum atomic E-state index is 12.5. The summed E-state index contributed by atoms with van der Waals surface area (Å²) in [6, 6.07) is 10.1. The molecule has 1 amide bonds. The molecule has 130 valence electrons. The number of piperidine rings is 1. The van der Waals surface area contributed by atoms with Gasteiger partial charge >= 0.3 is 0 Å². The number of carbonyl (C=O) groups is 2. The standard InChI is InChI=1S/C21H29NO2/c1-17(23)21(19-9-3-2-4-10-19)13-15-22(16-14-21)20(24)12-11-18-7-5-6-8-18/h2-4,9-10,18H,5-8,11-16H2,1H3. The summed E-state index contributed by atoms with van der Waals surface area (Å²) < 4.78 is 0. The fourth-order valence-corrected chi connectivity index (χ4v) is 4.52. The predicted molar refractivity (Wildman–Crippen MR) is 95.8 cm³/mol. The van der Waals surface area contributed by atoms with Crippen LogP contribution in [0, 0.1) is 5.92 Å². The summed E-state index contributed by atoms with van der Waals surface area (Å²) in [6.07, 6.45) is 8.50. The molecule has 3 nitrogen and oxygen atoms in total. The van der Waals surface area contributed by atoms with Crippen LogP contribution in [-0.4, -0.2) is 29.7 Å². The van der Waals surface area contributed by atoms with Gasteiger partial charge in [0.05, 0.1) is 5.41 Å². The van der Waals surface area contributed by atoms with Crippen molar-refractivity contribution in [3.05, 3.63) is 35.9 Å². The first-order chi connectivity index (χ1) is 11.6. The van der Waals surface area contributed by atoms with E-state index in [0.29, 0.717) is 19.5 Å². The van der Waals surface area contributed by atoms with Gasteiger partial charge in [0.15, 0.2) is 0 Å². The van der Waals surface area contributed by atoms with Gasteiger partial charge in [-0.2, -0.15) is 0 Å². The van der Waals surface area contributed by atoms with Gasteiger partial charge in [-0.25, -0.2) is 0 Å². The third-order valence-electron chi connectivity index (χ3n) is 6.21. The minimum absolute atomic E-state index is 0.228. The van der Waals surface area contributed by atoms with Crippen LogP contribution < -0.4 is 0 Å². The highest BCUT2D eigenvalue weighted by atomic mass is 16.2. The number of benzene rings is 1. The average molecular weight is 327 g/mol. The van der Waals surface area contributed by atoms with Crippen molar-refractivity contribution < 1.29 is 9.59 Å². The van der Waals surface area contributed by atoms with E-state index in [9.17, 15) is 9.59 Å². The Hall–Kier alpha value is -1.64. The maximum Gasteiger partial charge on any atom is 0.222 e. The van der Waals surface area contributed by atoms with Crippen LogP contribution in [0.25, 0.3) is 0 Å². The molecule has 1 aromatic rings. The number of amides is 1. The van der Waals surface area contributed by atoms with Gasteiger partial charge in [-0.1, -0.05) is 56.0 Å². The molecule has 2 aliphatic rings. The maximum absolute atomic E-state index is 12.5. The highest BCUT2D eigenvalue weighted by Gasteiger charge is 2.41. The smallest absolute Gasteiger partial charge is 0.222 e. The van der Waals surface area contributed by atoms with Gasteiger partial charge in [0.25, 0.3) is 0 Å².